The zero-order valence-corrected chi connectivity index (χ0v) is 16.8. The maximum Gasteiger partial charge on any atom is 0.309 e. The quantitative estimate of drug-likeness (QED) is 0.775. The fraction of sp³-hybridized carbons (Fsp3) is 0.952. The Kier molecular flexibility index (Phi) is 4.28. The molecule has 0 saturated heterocycles. The first-order valence-electron chi connectivity index (χ1n) is 10.2. The van der Waals surface area contributed by atoms with Crippen LogP contribution in [-0.4, -0.2) is 34.3 Å². The van der Waals surface area contributed by atoms with E-state index in [1.807, 2.05) is 18.7 Å². The second kappa shape index (κ2) is 5.89. The number of thioether (sulfide) groups is 1. The summed E-state index contributed by atoms with van der Waals surface area (Å²) in [6.45, 7) is 4.39. The van der Waals surface area contributed by atoms with Crippen LogP contribution in [0.5, 0.6) is 0 Å². The largest absolute Gasteiger partial charge is 0.481 e. The van der Waals surface area contributed by atoms with Crippen molar-refractivity contribution >= 4 is 17.7 Å². The molecule has 8 atom stereocenters. The van der Waals surface area contributed by atoms with Gasteiger partial charge >= 0.3 is 5.97 Å². The van der Waals surface area contributed by atoms with Gasteiger partial charge in [-0.3, -0.25) is 4.79 Å². The maximum atomic E-state index is 12.1. The van der Waals surface area contributed by atoms with Crippen LogP contribution in [0.3, 0.4) is 0 Å². The molecule has 0 aromatic heterocycles. The Labute approximate surface area is 156 Å². The highest BCUT2D eigenvalue weighted by molar-refractivity contribution is 7.98. The number of hydrogen-bond donors (Lipinski definition) is 2. The molecule has 25 heavy (non-hydrogen) atoms. The highest BCUT2D eigenvalue weighted by Gasteiger charge is 2.68. The number of carboxylic acid groups (broad SMARTS) is 1. The van der Waals surface area contributed by atoms with Crippen molar-refractivity contribution in [3.63, 3.8) is 0 Å². The lowest BCUT2D eigenvalue weighted by molar-refractivity contribution is -0.241. The van der Waals surface area contributed by atoms with Crippen molar-refractivity contribution in [3.05, 3.63) is 0 Å². The van der Waals surface area contributed by atoms with Crippen molar-refractivity contribution in [1.29, 1.82) is 0 Å². The molecular weight excluding hydrogens is 332 g/mol. The normalized spacial score (nSPS) is 54.6. The summed E-state index contributed by atoms with van der Waals surface area (Å²) in [5.41, 5.74) is -0.417. The second-order valence-electron chi connectivity index (χ2n) is 10.1. The van der Waals surface area contributed by atoms with Crippen LogP contribution in [0.4, 0.5) is 0 Å². The van der Waals surface area contributed by atoms with Crippen LogP contribution in [0, 0.1) is 39.9 Å². The summed E-state index contributed by atoms with van der Waals surface area (Å²) in [5, 5.41) is 21.4. The van der Waals surface area contributed by atoms with Crippen LogP contribution in [0.1, 0.15) is 65.2 Å². The van der Waals surface area contributed by atoms with Crippen molar-refractivity contribution in [3.8, 4) is 0 Å². The molecule has 2 N–H and O–H groups in total. The summed E-state index contributed by atoms with van der Waals surface area (Å²) >= 11 is 1.88. The zero-order chi connectivity index (χ0) is 18.0. The summed E-state index contributed by atoms with van der Waals surface area (Å²) in [4.78, 5) is 12.1. The van der Waals surface area contributed by atoms with Crippen LogP contribution in [-0.2, 0) is 4.79 Å². The molecule has 0 unspecified atom stereocenters. The number of hydrogen-bond acceptors (Lipinski definition) is 3. The minimum absolute atomic E-state index is 0.0666. The van der Waals surface area contributed by atoms with Crippen molar-refractivity contribution < 1.29 is 15.0 Å². The molecule has 0 aromatic carbocycles. The average molecular weight is 367 g/mol. The number of carbonyl (C=O) groups is 1. The third-order valence-electron chi connectivity index (χ3n) is 9.33. The molecule has 5 aliphatic carbocycles. The number of rotatable bonds is 3. The van der Waals surface area contributed by atoms with Crippen LogP contribution < -0.4 is 0 Å². The molecule has 5 rings (SSSR count). The Morgan fingerprint density at radius 2 is 1.84 bits per heavy atom. The number of fused-ring (bicyclic) bond motifs is 3. The van der Waals surface area contributed by atoms with E-state index in [9.17, 15) is 15.0 Å². The Morgan fingerprint density at radius 3 is 2.52 bits per heavy atom. The van der Waals surface area contributed by atoms with Gasteiger partial charge in [0.1, 0.15) is 0 Å². The fourth-order valence-electron chi connectivity index (χ4n) is 8.15. The average Bonchev–Trinajstić information content (AvgIpc) is 2.57. The van der Waals surface area contributed by atoms with E-state index in [0.29, 0.717) is 17.8 Å². The summed E-state index contributed by atoms with van der Waals surface area (Å²) in [6.07, 6.45) is 10.7. The smallest absolute Gasteiger partial charge is 0.309 e. The van der Waals surface area contributed by atoms with Gasteiger partial charge in [0.2, 0.25) is 0 Å². The van der Waals surface area contributed by atoms with Gasteiger partial charge in [0.25, 0.3) is 0 Å². The van der Waals surface area contributed by atoms with E-state index >= 15 is 0 Å². The molecule has 0 aromatic rings. The molecule has 1 spiro atoms. The van der Waals surface area contributed by atoms with Crippen LogP contribution >= 0.6 is 11.8 Å². The van der Waals surface area contributed by atoms with Gasteiger partial charge in [-0.25, -0.2) is 0 Å². The summed E-state index contributed by atoms with van der Waals surface area (Å²) < 4.78 is 0. The molecule has 0 aliphatic heterocycles. The van der Waals surface area contributed by atoms with Crippen LogP contribution in [0.25, 0.3) is 0 Å². The summed E-state index contributed by atoms with van der Waals surface area (Å²) in [6, 6.07) is 0. The SMILES string of the molecule is CSC[C@H]1[C@@H]2CC[C@@]3(CC[C@H]4[C@@](C)(CCC[C@@]4(C)C(=O)O)[C@@H]3C2)[C@H]1O. The van der Waals surface area contributed by atoms with Crippen molar-refractivity contribution in [1.82, 2.24) is 0 Å². The standard InChI is InChI=1S/C21H34O3S/c1-19-7-4-8-20(2,18(23)24)15(19)6-10-21-9-5-13(11-16(19)21)14(12-25-3)17(21)22/h13-17,22H,4-12H2,1-3H3,(H,23,24)/t13-,14+,15+,16+,17+,19-,20-,21+/m1/s1. The number of aliphatic hydroxyl groups is 1. The van der Waals surface area contributed by atoms with E-state index in [0.717, 1.165) is 37.9 Å². The highest BCUT2D eigenvalue weighted by atomic mass is 32.2. The Balaban J connectivity index is 1.72. The predicted molar refractivity (Wildman–Crippen MR) is 102 cm³/mol. The first kappa shape index (κ1) is 18.2. The van der Waals surface area contributed by atoms with Gasteiger partial charge in [-0.1, -0.05) is 13.3 Å². The van der Waals surface area contributed by atoms with Crippen molar-refractivity contribution in [2.45, 2.75) is 71.3 Å². The Morgan fingerprint density at radius 1 is 1.12 bits per heavy atom. The highest BCUT2D eigenvalue weighted by Crippen LogP contribution is 2.72. The van der Waals surface area contributed by atoms with E-state index in [2.05, 4.69) is 13.2 Å². The van der Waals surface area contributed by atoms with E-state index in [1.165, 1.54) is 19.3 Å². The molecule has 5 aliphatic rings. The first-order chi connectivity index (χ1) is 11.8. The zero-order valence-electron chi connectivity index (χ0n) is 16.0. The maximum absolute atomic E-state index is 12.1. The molecule has 3 nitrogen and oxygen atoms in total. The summed E-state index contributed by atoms with van der Waals surface area (Å²) in [5.74, 6) is 2.36. The van der Waals surface area contributed by atoms with Crippen molar-refractivity contribution in [2.24, 2.45) is 39.9 Å². The second-order valence-corrected chi connectivity index (χ2v) is 11.0. The predicted octanol–water partition coefficient (Wildman–Crippen LogP) is 4.43. The monoisotopic (exact) mass is 366 g/mol. The lowest BCUT2D eigenvalue weighted by Gasteiger charge is -2.70. The Bertz CT molecular complexity index is 565. The molecule has 5 saturated carbocycles. The topological polar surface area (TPSA) is 57.5 Å². The fourth-order valence-corrected chi connectivity index (χ4v) is 8.99. The summed E-state index contributed by atoms with van der Waals surface area (Å²) in [7, 11) is 0. The lowest BCUT2D eigenvalue weighted by Crippen LogP contribution is -2.67. The molecular formula is C21H34O3S. The molecule has 5 fully saturated rings. The van der Waals surface area contributed by atoms with Gasteiger partial charge in [0, 0.05) is 0 Å². The van der Waals surface area contributed by atoms with Gasteiger partial charge in [-0.2, -0.15) is 11.8 Å². The van der Waals surface area contributed by atoms with Crippen LogP contribution in [0.15, 0.2) is 0 Å². The van der Waals surface area contributed by atoms with Gasteiger partial charge in [0.15, 0.2) is 0 Å². The minimum Gasteiger partial charge on any atom is -0.481 e. The third kappa shape index (κ3) is 2.25. The van der Waals surface area contributed by atoms with Gasteiger partial charge in [-0.15, -0.1) is 0 Å². The lowest BCUT2D eigenvalue weighted by atomic mass is 9.35. The molecule has 2 bridgehead atoms. The van der Waals surface area contributed by atoms with Gasteiger partial charge < -0.3 is 10.2 Å². The number of aliphatic hydroxyl groups excluding tert-OH is 1. The van der Waals surface area contributed by atoms with E-state index in [1.54, 1.807) is 0 Å². The van der Waals surface area contributed by atoms with E-state index < -0.39 is 11.4 Å². The molecule has 0 amide bonds. The number of aliphatic carboxylic acids is 1. The Hall–Kier alpha value is -0.220. The number of carboxylic acids is 1. The molecule has 4 heteroatoms. The molecule has 0 radical (unpaired) electrons. The molecule has 0 heterocycles. The van der Waals surface area contributed by atoms with Gasteiger partial charge in [-0.05, 0) is 98.4 Å². The van der Waals surface area contributed by atoms with Gasteiger partial charge in [0.05, 0.1) is 11.5 Å². The van der Waals surface area contributed by atoms with E-state index in [4.69, 9.17) is 0 Å². The molecule has 142 valence electrons. The van der Waals surface area contributed by atoms with Crippen LogP contribution in [0.2, 0.25) is 0 Å². The van der Waals surface area contributed by atoms with E-state index in [-0.39, 0.29) is 22.9 Å². The first-order valence-corrected chi connectivity index (χ1v) is 11.6. The van der Waals surface area contributed by atoms with Crippen molar-refractivity contribution in [2.75, 3.05) is 12.0 Å². The minimum atomic E-state index is -0.596. The third-order valence-corrected chi connectivity index (χ3v) is 10.1.